The summed E-state index contributed by atoms with van der Waals surface area (Å²) >= 11 is 0. The maximum atomic E-state index is 10.9. The van der Waals surface area contributed by atoms with Crippen molar-refractivity contribution < 1.29 is 4.79 Å². The quantitative estimate of drug-likeness (QED) is 0.748. The number of likely N-dealkylation sites (tertiary alicyclic amines) is 1. The van der Waals surface area contributed by atoms with Crippen molar-refractivity contribution in [1.29, 1.82) is 0 Å². The second-order valence-corrected chi connectivity index (χ2v) is 5.67. The summed E-state index contributed by atoms with van der Waals surface area (Å²) in [5.74, 6) is 0.632. The smallest absolute Gasteiger partial charge is 0.151 e. The van der Waals surface area contributed by atoms with E-state index in [9.17, 15) is 4.79 Å². The summed E-state index contributed by atoms with van der Waals surface area (Å²) in [6.07, 6.45) is 3.66. The number of carbonyl (C=O) groups is 1. The first-order valence-electron chi connectivity index (χ1n) is 6.96. The molecule has 18 heavy (non-hydrogen) atoms. The number of hydrogen-bond donors (Lipinski definition) is 0. The summed E-state index contributed by atoms with van der Waals surface area (Å²) in [5.41, 5.74) is 3.14. The Morgan fingerprint density at radius 1 is 1.28 bits per heavy atom. The molecular formula is C15H24N2O. The first-order chi connectivity index (χ1) is 8.61. The Bertz CT molecular complexity index is 416. The number of aldehydes is 1. The third-order valence-electron chi connectivity index (χ3n) is 4.00. The zero-order chi connectivity index (χ0) is 13.1. The first-order valence-corrected chi connectivity index (χ1v) is 6.96. The third-order valence-corrected chi connectivity index (χ3v) is 4.00. The highest BCUT2D eigenvalue weighted by atomic mass is 16.1. The van der Waals surface area contributed by atoms with Crippen LogP contribution in [0.1, 0.15) is 41.5 Å². The molecule has 2 heterocycles. The maximum absolute atomic E-state index is 10.9. The molecule has 0 saturated carbocycles. The first kappa shape index (κ1) is 13.3. The van der Waals surface area contributed by atoms with Gasteiger partial charge in [-0.25, -0.2) is 0 Å². The van der Waals surface area contributed by atoms with Gasteiger partial charge in [0.2, 0.25) is 0 Å². The number of aryl methyl sites for hydroxylation is 1. The number of hydrogen-bond acceptors (Lipinski definition) is 2. The molecule has 100 valence electrons. The van der Waals surface area contributed by atoms with E-state index in [1.165, 1.54) is 38.2 Å². The molecule has 1 saturated heterocycles. The Hall–Kier alpha value is -1.09. The van der Waals surface area contributed by atoms with Gasteiger partial charge in [0.15, 0.2) is 6.29 Å². The Morgan fingerprint density at radius 2 is 1.94 bits per heavy atom. The molecule has 3 nitrogen and oxygen atoms in total. The Balaban J connectivity index is 1.99. The van der Waals surface area contributed by atoms with Crippen LogP contribution in [0.4, 0.5) is 0 Å². The summed E-state index contributed by atoms with van der Waals surface area (Å²) in [6.45, 7) is 11.1. The zero-order valence-corrected chi connectivity index (χ0v) is 11.8. The van der Waals surface area contributed by atoms with Crippen LogP contribution < -0.4 is 0 Å². The maximum Gasteiger partial charge on any atom is 0.151 e. The topological polar surface area (TPSA) is 25.2 Å². The van der Waals surface area contributed by atoms with E-state index in [0.29, 0.717) is 5.92 Å². The monoisotopic (exact) mass is 248 g/mol. The molecule has 3 heteroatoms. The average Bonchev–Trinajstić information content (AvgIpc) is 2.92. The van der Waals surface area contributed by atoms with Crippen LogP contribution in [-0.4, -0.2) is 35.4 Å². The molecule has 2 rings (SSSR count). The van der Waals surface area contributed by atoms with E-state index < -0.39 is 0 Å². The molecule has 0 amide bonds. The van der Waals surface area contributed by atoms with Crippen LogP contribution in [0.5, 0.6) is 0 Å². The average molecular weight is 248 g/mol. The standard InChI is InChI=1S/C15H24N2O/c1-12(9-16-6-4-5-7-16)10-17-13(2)8-15(11-18)14(17)3/h8,11-12H,4-7,9-10H2,1-3H3. The van der Waals surface area contributed by atoms with Gasteiger partial charge in [-0.15, -0.1) is 0 Å². The third kappa shape index (κ3) is 2.83. The van der Waals surface area contributed by atoms with Crippen molar-refractivity contribution in [2.24, 2.45) is 5.92 Å². The molecule has 0 bridgehead atoms. The van der Waals surface area contributed by atoms with Crippen molar-refractivity contribution in [2.75, 3.05) is 19.6 Å². The number of rotatable bonds is 5. The van der Waals surface area contributed by atoms with Crippen molar-refractivity contribution in [3.05, 3.63) is 23.0 Å². The summed E-state index contributed by atoms with van der Waals surface area (Å²) in [6, 6.07) is 1.99. The number of nitrogens with zero attached hydrogens (tertiary/aromatic N) is 2. The molecule has 1 unspecified atom stereocenters. The molecule has 1 atom stereocenters. The van der Waals surface area contributed by atoms with Crippen LogP contribution in [0.2, 0.25) is 0 Å². The van der Waals surface area contributed by atoms with Crippen LogP contribution in [0.15, 0.2) is 6.07 Å². The molecule has 1 aliphatic heterocycles. The summed E-state index contributed by atoms with van der Waals surface area (Å²) in [4.78, 5) is 13.5. The van der Waals surface area contributed by atoms with Crippen molar-refractivity contribution >= 4 is 6.29 Å². The second-order valence-electron chi connectivity index (χ2n) is 5.67. The Morgan fingerprint density at radius 3 is 2.50 bits per heavy atom. The highest BCUT2D eigenvalue weighted by molar-refractivity contribution is 5.77. The van der Waals surface area contributed by atoms with Crippen LogP contribution in [-0.2, 0) is 6.54 Å². The predicted octanol–water partition coefficient (Wildman–Crippen LogP) is 2.65. The van der Waals surface area contributed by atoms with E-state index in [-0.39, 0.29) is 0 Å². The Kier molecular flexibility index (Phi) is 4.23. The van der Waals surface area contributed by atoms with Crippen LogP contribution >= 0.6 is 0 Å². The van der Waals surface area contributed by atoms with Gasteiger partial charge in [-0.05, 0) is 51.8 Å². The Labute approximate surface area is 110 Å². The van der Waals surface area contributed by atoms with Crippen molar-refractivity contribution in [3.8, 4) is 0 Å². The summed E-state index contributed by atoms with van der Waals surface area (Å²) in [5, 5.41) is 0. The van der Waals surface area contributed by atoms with Crippen molar-refractivity contribution in [2.45, 2.75) is 40.2 Å². The van der Waals surface area contributed by atoms with E-state index in [4.69, 9.17) is 0 Å². The molecule has 0 spiro atoms. The number of aromatic nitrogens is 1. The molecule has 1 aliphatic rings. The van der Waals surface area contributed by atoms with E-state index in [1.54, 1.807) is 0 Å². The zero-order valence-electron chi connectivity index (χ0n) is 11.8. The fourth-order valence-electron chi connectivity index (χ4n) is 3.00. The fourth-order valence-corrected chi connectivity index (χ4v) is 3.00. The lowest BCUT2D eigenvalue weighted by Crippen LogP contribution is -2.28. The molecule has 0 N–H and O–H groups in total. The SMILES string of the molecule is Cc1cc(C=O)c(C)n1CC(C)CN1CCCC1. The van der Waals surface area contributed by atoms with E-state index in [1.807, 2.05) is 13.0 Å². The van der Waals surface area contributed by atoms with Crippen LogP contribution in [0.25, 0.3) is 0 Å². The van der Waals surface area contributed by atoms with Crippen LogP contribution in [0, 0.1) is 19.8 Å². The minimum Gasteiger partial charge on any atom is -0.348 e. The summed E-state index contributed by atoms with van der Waals surface area (Å²) < 4.78 is 2.28. The van der Waals surface area contributed by atoms with Gasteiger partial charge in [-0.1, -0.05) is 6.92 Å². The van der Waals surface area contributed by atoms with E-state index in [2.05, 4.69) is 23.3 Å². The van der Waals surface area contributed by atoms with Gasteiger partial charge in [0.25, 0.3) is 0 Å². The van der Waals surface area contributed by atoms with Crippen molar-refractivity contribution in [1.82, 2.24) is 9.47 Å². The second kappa shape index (κ2) is 5.70. The number of carbonyl (C=O) groups excluding carboxylic acids is 1. The minimum absolute atomic E-state index is 0.632. The lowest BCUT2D eigenvalue weighted by atomic mass is 10.1. The molecule has 1 fully saturated rings. The lowest BCUT2D eigenvalue weighted by Gasteiger charge is -2.22. The predicted molar refractivity (Wildman–Crippen MR) is 74.1 cm³/mol. The van der Waals surface area contributed by atoms with Gasteiger partial charge in [0.05, 0.1) is 0 Å². The molecule has 1 aromatic rings. The highest BCUT2D eigenvalue weighted by Crippen LogP contribution is 2.17. The van der Waals surface area contributed by atoms with Crippen molar-refractivity contribution in [3.63, 3.8) is 0 Å². The molecule has 0 aromatic carbocycles. The lowest BCUT2D eigenvalue weighted by molar-refractivity contribution is 0.112. The van der Waals surface area contributed by atoms with Gasteiger partial charge < -0.3 is 9.47 Å². The largest absolute Gasteiger partial charge is 0.348 e. The molecule has 1 aromatic heterocycles. The minimum atomic E-state index is 0.632. The molecule has 0 radical (unpaired) electrons. The van der Waals surface area contributed by atoms with E-state index >= 15 is 0 Å². The fraction of sp³-hybridized carbons (Fsp3) is 0.667. The van der Waals surface area contributed by atoms with Gasteiger partial charge in [-0.2, -0.15) is 0 Å². The normalized spacial score (nSPS) is 18.2. The van der Waals surface area contributed by atoms with Gasteiger partial charge in [0.1, 0.15) is 0 Å². The van der Waals surface area contributed by atoms with Gasteiger partial charge >= 0.3 is 0 Å². The van der Waals surface area contributed by atoms with Crippen LogP contribution in [0.3, 0.4) is 0 Å². The highest BCUT2D eigenvalue weighted by Gasteiger charge is 2.16. The summed E-state index contributed by atoms with van der Waals surface area (Å²) in [7, 11) is 0. The molecular weight excluding hydrogens is 224 g/mol. The van der Waals surface area contributed by atoms with E-state index in [0.717, 1.165) is 24.1 Å². The van der Waals surface area contributed by atoms with Gasteiger partial charge in [-0.3, -0.25) is 4.79 Å². The van der Waals surface area contributed by atoms with Gasteiger partial charge in [0, 0.05) is 30.0 Å². The molecule has 0 aliphatic carbocycles.